The summed E-state index contributed by atoms with van der Waals surface area (Å²) in [5, 5.41) is 0. The molecular weight excluding hydrogens is 206 g/mol. The molecule has 1 rings (SSSR count). The first-order valence-corrected chi connectivity index (χ1v) is 7.04. The summed E-state index contributed by atoms with van der Waals surface area (Å²) in [6.45, 7) is 20.4. The molecular formula is C16H33N. The molecule has 0 bridgehead atoms. The van der Waals surface area contributed by atoms with Gasteiger partial charge in [0, 0.05) is 13.1 Å². The van der Waals surface area contributed by atoms with Gasteiger partial charge in [-0.05, 0) is 24.3 Å². The Hall–Kier alpha value is -0.300. The van der Waals surface area contributed by atoms with Crippen LogP contribution in [-0.4, -0.2) is 25.0 Å². The summed E-state index contributed by atoms with van der Waals surface area (Å²) >= 11 is 0. The van der Waals surface area contributed by atoms with Gasteiger partial charge in [0.1, 0.15) is 0 Å². The molecule has 17 heavy (non-hydrogen) atoms. The fourth-order valence-corrected chi connectivity index (χ4v) is 2.42. The molecule has 0 radical (unpaired) electrons. The third kappa shape index (κ3) is 4.83. The Morgan fingerprint density at radius 3 is 1.59 bits per heavy atom. The van der Waals surface area contributed by atoms with E-state index in [-0.39, 0.29) is 0 Å². The monoisotopic (exact) mass is 239 g/mol. The molecule has 0 fully saturated rings. The summed E-state index contributed by atoms with van der Waals surface area (Å²) in [5.74, 6) is 0. The van der Waals surface area contributed by atoms with Crippen molar-refractivity contribution in [1.29, 1.82) is 0 Å². The van der Waals surface area contributed by atoms with Gasteiger partial charge in [0.2, 0.25) is 0 Å². The molecule has 0 atom stereocenters. The van der Waals surface area contributed by atoms with Crippen LogP contribution >= 0.6 is 0 Å². The number of nitrogens with zero attached hydrogens (tertiary/aromatic N) is 1. The molecule has 0 aromatic rings. The number of likely N-dealkylation sites (N-methyl/N-ethyl adjacent to an activating group) is 1. The third-order valence-corrected chi connectivity index (χ3v) is 3.35. The van der Waals surface area contributed by atoms with E-state index in [0.717, 1.165) is 6.54 Å². The van der Waals surface area contributed by atoms with Gasteiger partial charge in [0.25, 0.3) is 0 Å². The molecule has 1 nitrogen and oxygen atoms in total. The van der Waals surface area contributed by atoms with E-state index in [1.54, 1.807) is 11.1 Å². The summed E-state index contributed by atoms with van der Waals surface area (Å²) in [6.07, 6.45) is 1.24. The van der Waals surface area contributed by atoms with E-state index in [9.17, 15) is 0 Å². The first-order chi connectivity index (χ1) is 7.62. The normalized spacial score (nSPS) is 18.9. The molecule has 0 aromatic carbocycles. The zero-order chi connectivity index (χ0) is 13.9. The molecule has 0 amide bonds. The van der Waals surface area contributed by atoms with E-state index in [4.69, 9.17) is 0 Å². The Bertz CT molecular complexity index is 260. The summed E-state index contributed by atoms with van der Waals surface area (Å²) in [6, 6.07) is 0. The number of rotatable bonds is 0. The van der Waals surface area contributed by atoms with Crippen molar-refractivity contribution in [3.8, 4) is 0 Å². The van der Waals surface area contributed by atoms with Crippen LogP contribution in [0.25, 0.3) is 0 Å². The molecule has 0 aliphatic carbocycles. The van der Waals surface area contributed by atoms with Crippen molar-refractivity contribution in [3.63, 3.8) is 0 Å². The number of hydrogen-bond donors (Lipinski definition) is 0. The van der Waals surface area contributed by atoms with Crippen LogP contribution in [0.15, 0.2) is 11.1 Å². The maximum atomic E-state index is 2.44. The van der Waals surface area contributed by atoms with E-state index < -0.39 is 0 Å². The largest absolute Gasteiger partial charge is 0.302 e. The summed E-state index contributed by atoms with van der Waals surface area (Å²) < 4.78 is 0. The Kier molecular flexibility index (Phi) is 5.93. The van der Waals surface area contributed by atoms with Crippen LogP contribution in [0, 0.1) is 10.8 Å². The lowest BCUT2D eigenvalue weighted by molar-refractivity contribution is 0.284. The van der Waals surface area contributed by atoms with Gasteiger partial charge in [-0.1, -0.05) is 66.5 Å². The minimum atomic E-state index is 0.317. The smallest absolute Gasteiger partial charge is 0.0198 e. The van der Waals surface area contributed by atoms with Gasteiger partial charge in [-0.15, -0.1) is 0 Å². The lowest BCUT2D eigenvalue weighted by atomic mass is 9.72. The molecule has 0 N–H and O–H groups in total. The van der Waals surface area contributed by atoms with E-state index in [1.165, 1.54) is 13.0 Å². The fraction of sp³-hybridized carbons (Fsp3) is 0.875. The van der Waals surface area contributed by atoms with Crippen molar-refractivity contribution in [2.45, 2.75) is 61.8 Å². The first kappa shape index (κ1) is 16.7. The van der Waals surface area contributed by atoms with Crippen molar-refractivity contribution in [1.82, 2.24) is 4.90 Å². The van der Waals surface area contributed by atoms with Crippen LogP contribution in [0.2, 0.25) is 0 Å². The highest BCUT2D eigenvalue weighted by Gasteiger charge is 2.30. The molecule has 0 saturated heterocycles. The average molecular weight is 239 g/mol. The molecule has 0 saturated carbocycles. The van der Waals surface area contributed by atoms with Gasteiger partial charge in [0.05, 0.1) is 0 Å². The highest BCUT2D eigenvalue weighted by Crippen LogP contribution is 2.40. The minimum Gasteiger partial charge on any atom is -0.302 e. The van der Waals surface area contributed by atoms with Crippen molar-refractivity contribution >= 4 is 0 Å². The second-order valence-corrected chi connectivity index (χ2v) is 6.94. The van der Waals surface area contributed by atoms with Gasteiger partial charge in [-0.25, -0.2) is 0 Å². The molecule has 0 spiro atoms. The van der Waals surface area contributed by atoms with Crippen molar-refractivity contribution in [3.05, 3.63) is 11.1 Å². The molecule has 0 aromatic heterocycles. The number of hydrogen-bond acceptors (Lipinski definition) is 1. The van der Waals surface area contributed by atoms with E-state index >= 15 is 0 Å². The van der Waals surface area contributed by atoms with Crippen LogP contribution in [0.1, 0.15) is 61.8 Å². The second kappa shape index (κ2) is 6.04. The molecule has 1 aliphatic heterocycles. The van der Waals surface area contributed by atoms with Gasteiger partial charge in [-0.2, -0.15) is 0 Å². The predicted molar refractivity (Wildman–Crippen MR) is 79.4 cm³/mol. The van der Waals surface area contributed by atoms with Crippen LogP contribution < -0.4 is 0 Å². The lowest BCUT2D eigenvalue weighted by Gasteiger charge is -2.40. The Morgan fingerprint density at radius 2 is 1.24 bits per heavy atom. The van der Waals surface area contributed by atoms with Gasteiger partial charge >= 0.3 is 0 Å². The summed E-state index contributed by atoms with van der Waals surface area (Å²) in [5.41, 5.74) is 4.00. The van der Waals surface area contributed by atoms with Crippen LogP contribution in [0.3, 0.4) is 0 Å². The SMILES string of the molecule is CC.CN1CCC(C(C)(C)C)=C(C(C)(C)C)C1. The molecule has 1 heteroatoms. The fourth-order valence-electron chi connectivity index (χ4n) is 2.42. The van der Waals surface area contributed by atoms with Crippen molar-refractivity contribution in [2.24, 2.45) is 10.8 Å². The van der Waals surface area contributed by atoms with E-state index in [0.29, 0.717) is 10.8 Å². The van der Waals surface area contributed by atoms with E-state index in [2.05, 4.69) is 53.5 Å². The van der Waals surface area contributed by atoms with Gasteiger partial charge in [0.15, 0.2) is 0 Å². The maximum absolute atomic E-state index is 2.44. The average Bonchev–Trinajstić information content (AvgIpc) is 2.17. The third-order valence-electron chi connectivity index (χ3n) is 3.35. The van der Waals surface area contributed by atoms with Crippen LogP contribution in [-0.2, 0) is 0 Å². The van der Waals surface area contributed by atoms with Gasteiger partial charge in [-0.3, -0.25) is 0 Å². The molecule has 0 unspecified atom stereocenters. The van der Waals surface area contributed by atoms with Crippen molar-refractivity contribution < 1.29 is 0 Å². The topological polar surface area (TPSA) is 3.24 Å². The predicted octanol–water partition coefficient (Wildman–Crippen LogP) is 4.74. The molecule has 1 aliphatic rings. The summed E-state index contributed by atoms with van der Waals surface area (Å²) in [4.78, 5) is 2.44. The van der Waals surface area contributed by atoms with E-state index in [1.807, 2.05) is 13.8 Å². The minimum absolute atomic E-state index is 0.317. The highest BCUT2D eigenvalue weighted by molar-refractivity contribution is 5.28. The highest BCUT2D eigenvalue weighted by atomic mass is 15.1. The zero-order valence-corrected chi connectivity index (χ0v) is 13.6. The van der Waals surface area contributed by atoms with Crippen LogP contribution in [0.5, 0.6) is 0 Å². The Labute approximate surface area is 109 Å². The van der Waals surface area contributed by atoms with Gasteiger partial charge < -0.3 is 4.90 Å². The first-order valence-electron chi connectivity index (χ1n) is 7.04. The molecule has 102 valence electrons. The molecule has 1 heterocycles. The lowest BCUT2D eigenvalue weighted by Crippen LogP contribution is -2.35. The Morgan fingerprint density at radius 1 is 0.824 bits per heavy atom. The zero-order valence-electron chi connectivity index (χ0n) is 13.6. The van der Waals surface area contributed by atoms with Crippen LogP contribution in [0.4, 0.5) is 0 Å². The quantitative estimate of drug-likeness (QED) is 0.552. The standard InChI is InChI=1S/C14H27N.C2H6/c1-13(2,3)11-8-9-15(7)10-12(11)14(4,5)6;1-2/h8-10H2,1-7H3;1-2H3. The second-order valence-electron chi connectivity index (χ2n) is 6.94. The maximum Gasteiger partial charge on any atom is 0.0198 e. The van der Waals surface area contributed by atoms with Crippen molar-refractivity contribution in [2.75, 3.05) is 20.1 Å². The Balaban J connectivity index is 0.00000121. The summed E-state index contributed by atoms with van der Waals surface area (Å²) in [7, 11) is 2.23.